The molecule has 21 heavy (non-hydrogen) atoms. The van der Waals surface area contributed by atoms with E-state index in [9.17, 15) is 0 Å². The Hall–Kier alpha value is -1.69. The van der Waals surface area contributed by atoms with Crippen LogP contribution < -0.4 is 5.32 Å². The maximum Gasteiger partial charge on any atom is 0.138 e. The average Bonchev–Trinajstić information content (AvgIpc) is 3.02. The van der Waals surface area contributed by atoms with Crippen molar-refractivity contribution < 1.29 is 0 Å². The van der Waals surface area contributed by atoms with Crippen LogP contribution in [-0.2, 0) is 26.4 Å². The highest BCUT2D eigenvalue weighted by molar-refractivity contribution is 5.15. The standard InChI is InChI=1S/C15H26N6/c1-6-12-7-14(20(5)19-12)13(16-4)8-15-17-10-18-21(15)9-11(2)3/h7,10-11,13,16H,6,8-9H2,1-5H3. The van der Waals surface area contributed by atoms with Crippen LogP contribution in [0.1, 0.15) is 44.0 Å². The van der Waals surface area contributed by atoms with Crippen LogP contribution in [0.4, 0.5) is 0 Å². The molecule has 0 saturated heterocycles. The SMILES string of the molecule is CCc1cc(C(Cc2ncnn2CC(C)C)NC)n(C)n1. The molecular formula is C15H26N6. The molecule has 0 aliphatic rings. The van der Waals surface area contributed by atoms with Crippen LogP contribution in [0.25, 0.3) is 0 Å². The highest BCUT2D eigenvalue weighted by atomic mass is 15.3. The molecule has 0 fully saturated rings. The molecule has 0 aromatic carbocycles. The third-order valence-corrected chi connectivity index (χ3v) is 3.65. The van der Waals surface area contributed by atoms with Gasteiger partial charge in [0.25, 0.3) is 0 Å². The van der Waals surface area contributed by atoms with Crippen molar-refractivity contribution in [1.82, 2.24) is 29.9 Å². The summed E-state index contributed by atoms with van der Waals surface area (Å²) >= 11 is 0. The molecule has 2 aromatic heterocycles. The van der Waals surface area contributed by atoms with E-state index in [4.69, 9.17) is 0 Å². The van der Waals surface area contributed by atoms with Gasteiger partial charge >= 0.3 is 0 Å². The molecule has 1 N–H and O–H groups in total. The molecule has 0 radical (unpaired) electrons. The van der Waals surface area contributed by atoms with Crippen molar-refractivity contribution in [1.29, 1.82) is 0 Å². The summed E-state index contributed by atoms with van der Waals surface area (Å²) in [5.41, 5.74) is 2.31. The van der Waals surface area contributed by atoms with E-state index in [0.717, 1.165) is 30.9 Å². The van der Waals surface area contributed by atoms with Crippen LogP contribution in [0.3, 0.4) is 0 Å². The van der Waals surface area contributed by atoms with Crippen LogP contribution >= 0.6 is 0 Å². The van der Waals surface area contributed by atoms with Gasteiger partial charge < -0.3 is 5.32 Å². The van der Waals surface area contributed by atoms with Crippen molar-refractivity contribution in [2.45, 2.75) is 46.2 Å². The van der Waals surface area contributed by atoms with Gasteiger partial charge in [0.1, 0.15) is 12.2 Å². The van der Waals surface area contributed by atoms with Crippen molar-refractivity contribution in [2.75, 3.05) is 7.05 Å². The third kappa shape index (κ3) is 3.69. The number of aryl methyl sites for hydroxylation is 2. The minimum atomic E-state index is 0.193. The fraction of sp³-hybridized carbons (Fsp3) is 0.667. The zero-order valence-corrected chi connectivity index (χ0v) is 13.7. The minimum absolute atomic E-state index is 0.193. The van der Waals surface area contributed by atoms with E-state index in [1.54, 1.807) is 6.33 Å². The lowest BCUT2D eigenvalue weighted by Gasteiger charge is -2.17. The monoisotopic (exact) mass is 290 g/mol. The van der Waals surface area contributed by atoms with Gasteiger partial charge in [0.15, 0.2) is 0 Å². The van der Waals surface area contributed by atoms with Gasteiger partial charge in [-0.05, 0) is 25.5 Å². The van der Waals surface area contributed by atoms with Gasteiger partial charge in [-0.25, -0.2) is 9.67 Å². The molecule has 116 valence electrons. The number of rotatable bonds is 7. The molecule has 2 rings (SSSR count). The Morgan fingerprint density at radius 3 is 2.67 bits per heavy atom. The van der Waals surface area contributed by atoms with Gasteiger partial charge in [-0.1, -0.05) is 20.8 Å². The van der Waals surface area contributed by atoms with E-state index >= 15 is 0 Å². The van der Waals surface area contributed by atoms with Crippen molar-refractivity contribution in [3.8, 4) is 0 Å². The first-order valence-electron chi connectivity index (χ1n) is 7.61. The van der Waals surface area contributed by atoms with Crippen LogP contribution in [0, 0.1) is 5.92 Å². The Morgan fingerprint density at radius 1 is 1.33 bits per heavy atom. The molecule has 0 bridgehead atoms. The molecule has 0 aliphatic heterocycles. The molecule has 2 aromatic rings. The second-order valence-corrected chi connectivity index (χ2v) is 5.84. The average molecular weight is 290 g/mol. The fourth-order valence-electron chi connectivity index (χ4n) is 2.52. The highest BCUT2D eigenvalue weighted by Crippen LogP contribution is 2.18. The summed E-state index contributed by atoms with van der Waals surface area (Å²) < 4.78 is 3.97. The molecule has 6 heteroatoms. The van der Waals surface area contributed by atoms with Crippen LogP contribution in [-0.4, -0.2) is 31.6 Å². The summed E-state index contributed by atoms with van der Waals surface area (Å²) in [6.45, 7) is 7.41. The maximum absolute atomic E-state index is 4.53. The van der Waals surface area contributed by atoms with Crippen LogP contribution in [0.2, 0.25) is 0 Å². The second-order valence-electron chi connectivity index (χ2n) is 5.84. The maximum atomic E-state index is 4.53. The molecule has 1 unspecified atom stereocenters. The van der Waals surface area contributed by atoms with E-state index in [1.165, 1.54) is 5.69 Å². The van der Waals surface area contributed by atoms with Gasteiger partial charge in [-0.2, -0.15) is 10.2 Å². The van der Waals surface area contributed by atoms with E-state index in [0.29, 0.717) is 5.92 Å². The van der Waals surface area contributed by atoms with Gasteiger partial charge in [-0.3, -0.25) is 4.68 Å². The smallest absolute Gasteiger partial charge is 0.138 e. The molecule has 0 amide bonds. The quantitative estimate of drug-likeness (QED) is 0.843. The van der Waals surface area contributed by atoms with E-state index in [1.807, 2.05) is 23.5 Å². The van der Waals surface area contributed by atoms with E-state index < -0.39 is 0 Å². The van der Waals surface area contributed by atoms with E-state index in [2.05, 4.69) is 47.3 Å². The van der Waals surface area contributed by atoms with Crippen molar-refractivity contribution >= 4 is 0 Å². The summed E-state index contributed by atoms with van der Waals surface area (Å²) in [5, 5.41) is 12.2. The summed E-state index contributed by atoms with van der Waals surface area (Å²) in [5.74, 6) is 1.57. The Labute approximate surface area is 126 Å². The molecule has 0 saturated carbocycles. The third-order valence-electron chi connectivity index (χ3n) is 3.65. The highest BCUT2D eigenvalue weighted by Gasteiger charge is 2.18. The van der Waals surface area contributed by atoms with Gasteiger partial charge in [0, 0.05) is 20.0 Å². The summed E-state index contributed by atoms with van der Waals surface area (Å²) in [7, 11) is 3.98. The minimum Gasteiger partial charge on any atom is -0.311 e. The summed E-state index contributed by atoms with van der Waals surface area (Å²) in [6.07, 6.45) is 3.41. The summed E-state index contributed by atoms with van der Waals surface area (Å²) in [4.78, 5) is 4.42. The zero-order valence-electron chi connectivity index (χ0n) is 13.7. The largest absolute Gasteiger partial charge is 0.311 e. The lowest BCUT2D eigenvalue weighted by Crippen LogP contribution is -2.24. The lowest BCUT2D eigenvalue weighted by molar-refractivity contribution is 0.445. The normalized spacial score (nSPS) is 13.0. The molecule has 2 heterocycles. The lowest BCUT2D eigenvalue weighted by atomic mass is 10.1. The van der Waals surface area contributed by atoms with Gasteiger partial charge in [0.05, 0.1) is 17.4 Å². The molecule has 1 atom stereocenters. The number of nitrogens with zero attached hydrogens (tertiary/aromatic N) is 5. The number of hydrogen-bond acceptors (Lipinski definition) is 4. The Morgan fingerprint density at radius 2 is 2.10 bits per heavy atom. The summed E-state index contributed by atoms with van der Waals surface area (Å²) in [6, 6.07) is 2.36. The van der Waals surface area contributed by atoms with Crippen molar-refractivity contribution in [2.24, 2.45) is 13.0 Å². The first-order chi connectivity index (χ1) is 10.0. The van der Waals surface area contributed by atoms with Gasteiger partial charge in [0.2, 0.25) is 0 Å². The number of nitrogens with one attached hydrogen (secondary N) is 1. The fourth-order valence-corrected chi connectivity index (χ4v) is 2.52. The van der Waals surface area contributed by atoms with Crippen molar-refractivity contribution in [3.63, 3.8) is 0 Å². The topological polar surface area (TPSA) is 60.6 Å². The van der Waals surface area contributed by atoms with Crippen LogP contribution in [0.15, 0.2) is 12.4 Å². The number of hydrogen-bond donors (Lipinski definition) is 1. The second kappa shape index (κ2) is 6.85. The molecule has 0 spiro atoms. The number of likely N-dealkylation sites (N-methyl/N-ethyl adjacent to an activating group) is 1. The molecule has 6 nitrogen and oxygen atoms in total. The Balaban J connectivity index is 2.19. The number of aromatic nitrogens is 5. The molecular weight excluding hydrogens is 264 g/mol. The van der Waals surface area contributed by atoms with Gasteiger partial charge in [-0.15, -0.1) is 0 Å². The Bertz CT molecular complexity index is 568. The molecule has 0 aliphatic carbocycles. The predicted molar refractivity (Wildman–Crippen MR) is 83.0 cm³/mol. The van der Waals surface area contributed by atoms with E-state index in [-0.39, 0.29) is 6.04 Å². The zero-order chi connectivity index (χ0) is 15.4. The first-order valence-corrected chi connectivity index (χ1v) is 7.61. The van der Waals surface area contributed by atoms with Crippen LogP contribution in [0.5, 0.6) is 0 Å². The Kier molecular flexibility index (Phi) is 5.12. The van der Waals surface area contributed by atoms with Crippen molar-refractivity contribution in [3.05, 3.63) is 29.6 Å². The first kappa shape index (κ1) is 15.7. The predicted octanol–water partition coefficient (Wildman–Crippen LogP) is 1.73.